The van der Waals surface area contributed by atoms with Gasteiger partial charge in [-0.15, -0.1) is 0 Å². The predicted octanol–water partition coefficient (Wildman–Crippen LogP) is 10.1. The molecule has 8 rings (SSSR count). The van der Waals surface area contributed by atoms with Crippen LogP contribution in [0.4, 0.5) is 11.6 Å². The first kappa shape index (κ1) is 47.7. The molecule has 1 aliphatic heterocycles. The Labute approximate surface area is 389 Å². The quantitative estimate of drug-likeness (QED) is 0.0420. The van der Waals surface area contributed by atoms with E-state index in [0.29, 0.717) is 43.2 Å². The lowest BCUT2D eigenvalue weighted by molar-refractivity contribution is -0.234. The maximum atomic E-state index is 12.6. The summed E-state index contributed by atoms with van der Waals surface area (Å²) in [6, 6.07) is 8.54. The number of rotatable bonds is 11. The van der Waals surface area contributed by atoms with Crippen LogP contribution >= 0.6 is 31.9 Å². The molecule has 4 fully saturated rings. The summed E-state index contributed by atoms with van der Waals surface area (Å²) < 4.78 is 8.07. The number of aliphatic carboxylic acids is 1. The number of pyridine rings is 1. The predicted molar refractivity (Wildman–Crippen MR) is 255 cm³/mol. The van der Waals surface area contributed by atoms with Crippen LogP contribution in [0, 0.1) is 39.9 Å². The number of H-pyrrole nitrogens is 1. The average molecular weight is 997 g/mol. The number of carboxylic acids is 1. The Morgan fingerprint density at radius 3 is 2.52 bits per heavy atom. The number of aliphatic hydroxyl groups is 2. The second-order valence-corrected chi connectivity index (χ2v) is 21.7. The maximum Gasteiger partial charge on any atom is 0.331 e. The molecule has 63 heavy (non-hydrogen) atoms. The number of halogens is 2. The molecule has 12 nitrogen and oxygen atoms in total. The van der Waals surface area contributed by atoms with Gasteiger partial charge in [0.05, 0.1) is 23.4 Å². The van der Waals surface area contributed by atoms with E-state index >= 15 is 0 Å². The molecular weight excluding hydrogens is 928 g/mol. The van der Waals surface area contributed by atoms with Crippen molar-refractivity contribution in [3.05, 3.63) is 67.8 Å². The molecule has 4 aliphatic carbocycles. The van der Waals surface area contributed by atoms with Crippen LogP contribution in [-0.2, 0) is 14.3 Å². The van der Waals surface area contributed by atoms with Gasteiger partial charge >= 0.3 is 11.9 Å². The monoisotopic (exact) mass is 994 g/mol. The van der Waals surface area contributed by atoms with Gasteiger partial charge in [-0.05, 0) is 176 Å². The molecule has 344 valence electrons. The smallest absolute Gasteiger partial charge is 0.331 e. The fraction of sp³-hybridized carbons (Fsp3) is 0.633. The Hall–Kier alpha value is -3.30. The second-order valence-electron chi connectivity index (χ2n) is 20.0. The standard InChI is InChI=1S/C31H48O6.C18H20Br2N6/c1-17(2)9-8-10-20(28(35)36)26-22-15-24(34)27-29(5)13-12-23(33)18(3)21(29)11-14-30(27,6)31(22,7)16-25(26)37-19(4)32;19-11-9-12-14(4-8-22-16(12)13(20)10-11)21-6-2-7-24-18-25-15-3-1-5-23-17(15)26-18/h9,18,21-25,27,33-34H,8,10-16H2,1-7H3,(H,35,36);1,3,5,9-10,14,21-22H,2,4,6-8H2,(H2,23,24,25,26)/b26-20+;/t18-,21-,22-,23+,24?,25-,27?,29-,30-,31-;/m0./s1. The topological polar surface area (TPSA) is 182 Å². The van der Waals surface area contributed by atoms with E-state index in [1.54, 1.807) is 6.20 Å². The van der Waals surface area contributed by atoms with E-state index in [1.165, 1.54) is 18.2 Å². The van der Waals surface area contributed by atoms with Crippen LogP contribution in [0.15, 0.2) is 62.2 Å². The summed E-state index contributed by atoms with van der Waals surface area (Å²) in [5, 5.41) is 43.4. The highest BCUT2D eigenvalue weighted by molar-refractivity contribution is 9.11. The summed E-state index contributed by atoms with van der Waals surface area (Å²) >= 11 is 7.24. The van der Waals surface area contributed by atoms with Crippen LogP contribution in [0.25, 0.3) is 11.2 Å². The lowest BCUT2D eigenvalue weighted by Gasteiger charge is -2.69. The van der Waals surface area contributed by atoms with Gasteiger partial charge in [0.15, 0.2) is 5.65 Å². The zero-order valence-corrected chi connectivity index (χ0v) is 41.2. The van der Waals surface area contributed by atoms with E-state index < -0.39 is 24.1 Å². The number of nitrogens with one attached hydrogen (secondary N) is 4. The summed E-state index contributed by atoms with van der Waals surface area (Å²) in [6.07, 6.45) is 10.1. The molecule has 7 N–H and O–H groups in total. The van der Waals surface area contributed by atoms with Crippen molar-refractivity contribution in [2.24, 2.45) is 39.9 Å². The first-order valence-electron chi connectivity index (χ1n) is 23.0. The van der Waals surface area contributed by atoms with Gasteiger partial charge in [-0.25, -0.2) is 9.78 Å². The van der Waals surface area contributed by atoms with Crippen molar-refractivity contribution in [2.75, 3.05) is 30.3 Å². The largest absolute Gasteiger partial charge is 0.478 e. The lowest BCUT2D eigenvalue weighted by Crippen LogP contribution is -2.65. The summed E-state index contributed by atoms with van der Waals surface area (Å²) in [4.78, 5) is 36.7. The van der Waals surface area contributed by atoms with E-state index in [2.05, 4.69) is 103 Å². The van der Waals surface area contributed by atoms with Crippen molar-refractivity contribution in [2.45, 2.75) is 137 Å². The molecule has 3 aromatic rings. The normalized spacial score (nSPS) is 33.9. The third kappa shape index (κ3) is 9.40. The number of aliphatic hydroxyl groups excluding tert-OH is 2. The van der Waals surface area contributed by atoms with Crippen molar-refractivity contribution < 1.29 is 29.6 Å². The number of allylic oxidation sites excluding steroid dienone is 2. The number of hydrogen-bond donors (Lipinski definition) is 7. The van der Waals surface area contributed by atoms with Gasteiger partial charge < -0.3 is 41.0 Å². The first-order chi connectivity index (χ1) is 29.9. The third-order valence-corrected chi connectivity index (χ3v) is 17.1. The van der Waals surface area contributed by atoms with Crippen molar-refractivity contribution in [1.82, 2.24) is 20.3 Å². The van der Waals surface area contributed by atoms with Crippen molar-refractivity contribution in [3.8, 4) is 0 Å². The summed E-state index contributed by atoms with van der Waals surface area (Å²) in [7, 11) is 0. The summed E-state index contributed by atoms with van der Waals surface area (Å²) in [5.74, 6) is -0.133. The van der Waals surface area contributed by atoms with E-state index in [1.807, 2.05) is 32.1 Å². The number of carbonyl (C=O) groups excluding carboxylic acids is 1. The highest BCUT2D eigenvalue weighted by atomic mass is 79.9. The zero-order chi connectivity index (χ0) is 45.4. The van der Waals surface area contributed by atoms with E-state index in [4.69, 9.17) is 4.74 Å². The van der Waals surface area contributed by atoms with Gasteiger partial charge in [-0.3, -0.25) is 4.79 Å². The number of ether oxygens (including phenoxy) is 1. The van der Waals surface area contributed by atoms with Crippen molar-refractivity contribution in [3.63, 3.8) is 0 Å². The van der Waals surface area contributed by atoms with Gasteiger partial charge in [0.2, 0.25) is 5.95 Å². The number of nitrogens with zero attached hydrogens (tertiary/aromatic N) is 2. The number of hydrogen-bond acceptors (Lipinski definition) is 10. The van der Waals surface area contributed by atoms with Crippen LogP contribution < -0.4 is 16.0 Å². The van der Waals surface area contributed by atoms with Gasteiger partial charge in [-0.2, -0.15) is 4.98 Å². The Morgan fingerprint density at radius 1 is 1.03 bits per heavy atom. The number of fused-ring (bicyclic) bond motifs is 7. The number of anilines is 2. The molecule has 1 aromatic carbocycles. The molecule has 0 bridgehead atoms. The first-order valence-corrected chi connectivity index (χ1v) is 24.6. The van der Waals surface area contributed by atoms with Crippen LogP contribution in [-0.4, -0.2) is 80.2 Å². The highest BCUT2D eigenvalue weighted by Gasteiger charge is 2.70. The van der Waals surface area contributed by atoms with Crippen LogP contribution in [0.5, 0.6) is 0 Å². The van der Waals surface area contributed by atoms with E-state index in [9.17, 15) is 24.9 Å². The SMILES string of the molecule is Brc1cc(Br)c2c(c1)C(NCCCNc1nc3ncccc3[nH]1)CCN2.CC(=O)O[C@H]1C[C@@]2(C)[C@@H](CC(O)C3[C@]2(C)CC[C@H]2[C@H](C)[C@H](O)CC[C@]32C)/C1=C(/CCC=C(C)C)C(=O)O. The number of aromatic amines is 1. The van der Waals surface area contributed by atoms with E-state index in [-0.39, 0.29) is 40.1 Å². The minimum Gasteiger partial charge on any atom is -0.478 e. The Balaban J connectivity index is 0.000000200. The van der Waals surface area contributed by atoms with Gasteiger partial charge in [-0.1, -0.05) is 55.3 Å². The van der Waals surface area contributed by atoms with Gasteiger partial charge in [0.25, 0.3) is 0 Å². The van der Waals surface area contributed by atoms with Crippen molar-refractivity contribution >= 4 is 66.6 Å². The van der Waals surface area contributed by atoms with Crippen LogP contribution in [0.2, 0.25) is 0 Å². The Kier molecular flexibility index (Phi) is 14.6. The maximum absolute atomic E-state index is 12.6. The molecule has 3 heterocycles. The van der Waals surface area contributed by atoms with Crippen LogP contribution in [0.1, 0.15) is 124 Å². The molecule has 0 saturated heterocycles. The molecule has 3 unspecified atom stereocenters. The lowest BCUT2D eigenvalue weighted by atomic mass is 9.36. The number of imidazole rings is 1. The molecule has 2 aromatic heterocycles. The van der Waals surface area contributed by atoms with Gasteiger partial charge in [0.1, 0.15) is 6.10 Å². The highest BCUT2D eigenvalue weighted by Crippen LogP contribution is 2.74. The second kappa shape index (κ2) is 19.3. The average Bonchev–Trinajstić information content (AvgIpc) is 3.75. The van der Waals surface area contributed by atoms with E-state index in [0.717, 1.165) is 95.4 Å². The van der Waals surface area contributed by atoms with Crippen molar-refractivity contribution in [1.29, 1.82) is 0 Å². The number of aromatic nitrogens is 3. The number of carboxylic acid groups (broad SMARTS) is 1. The molecular formula is C49H68Br2N6O6. The zero-order valence-electron chi connectivity index (χ0n) is 38.0. The molecule has 11 atom stereocenters. The number of carbonyl (C=O) groups is 2. The Morgan fingerprint density at radius 2 is 1.81 bits per heavy atom. The minimum atomic E-state index is -0.953. The minimum absolute atomic E-state index is 0.0474. The molecule has 0 spiro atoms. The molecule has 14 heteroatoms. The summed E-state index contributed by atoms with van der Waals surface area (Å²) in [5.41, 5.74) is 5.78. The number of benzene rings is 1. The fourth-order valence-electron chi connectivity index (χ4n) is 13.1. The Bertz CT molecular complexity index is 2190. The molecule has 4 saturated carbocycles. The van der Waals surface area contributed by atoms with Crippen LogP contribution in [0.3, 0.4) is 0 Å². The summed E-state index contributed by atoms with van der Waals surface area (Å²) in [6.45, 7) is 17.2. The number of esters is 1. The molecule has 0 amide bonds. The molecule has 0 radical (unpaired) electrons. The fourth-order valence-corrected chi connectivity index (χ4v) is 14.5. The molecule has 5 aliphatic rings. The van der Waals surface area contributed by atoms with Gasteiger partial charge in [0, 0.05) is 46.8 Å². The third-order valence-electron chi connectivity index (χ3n) is 16.1.